The van der Waals surface area contributed by atoms with Gasteiger partial charge in [0.05, 0.1) is 11.1 Å². The Hall–Kier alpha value is -4.56. The Morgan fingerprint density at radius 1 is 1.12 bits per heavy atom. The van der Waals surface area contributed by atoms with Crippen LogP contribution >= 0.6 is 11.6 Å². The fraction of sp³-hybridized carbons (Fsp3) is 0.0500. The topological polar surface area (TPSA) is 140 Å². The Balaban J connectivity index is 1.59. The predicted octanol–water partition coefficient (Wildman–Crippen LogP) is 4.38. The quantitative estimate of drug-likeness (QED) is 0.335. The van der Waals surface area contributed by atoms with E-state index in [-0.39, 0.29) is 28.9 Å². The molecule has 0 radical (unpaired) electrons. The van der Waals surface area contributed by atoms with Gasteiger partial charge < -0.3 is 20.1 Å². The van der Waals surface area contributed by atoms with Crippen LogP contribution in [0.4, 0.5) is 28.7 Å². The summed E-state index contributed by atoms with van der Waals surface area (Å²) in [6.07, 6.45) is 1.41. The minimum Gasteiger partial charge on any atom is -0.454 e. The second-order valence-electron chi connectivity index (χ2n) is 6.65. The zero-order valence-electron chi connectivity index (χ0n) is 16.1. The molecule has 1 aliphatic rings. The third kappa shape index (κ3) is 3.34. The molecule has 0 spiro atoms. The van der Waals surface area contributed by atoms with Gasteiger partial charge >= 0.3 is 0 Å². The first-order chi connectivity index (χ1) is 15.5. The Morgan fingerprint density at radius 3 is 2.62 bits per heavy atom. The molecule has 4 aromatic rings. The number of nitriles is 1. The van der Waals surface area contributed by atoms with E-state index in [2.05, 4.69) is 26.8 Å². The number of aromatic nitrogens is 3. The summed E-state index contributed by atoms with van der Waals surface area (Å²) in [7, 11) is 0. The van der Waals surface area contributed by atoms with Gasteiger partial charge in [-0.05, 0) is 24.3 Å². The minimum atomic E-state index is -0.490. The van der Waals surface area contributed by atoms with Crippen molar-refractivity contribution in [2.45, 2.75) is 0 Å². The SMILES string of the molecule is N#Cc1c(Nc2ccc3c(c2)OCO3)nc2c(Cl)cnn2c1Nc1ccc([N+](=O)[O-])cc1. The minimum absolute atomic E-state index is 0.0526. The summed E-state index contributed by atoms with van der Waals surface area (Å²) in [6.45, 7) is 0.140. The van der Waals surface area contributed by atoms with Gasteiger partial charge in [-0.2, -0.15) is 14.9 Å². The van der Waals surface area contributed by atoms with Gasteiger partial charge in [0, 0.05) is 29.6 Å². The van der Waals surface area contributed by atoms with Crippen molar-refractivity contribution in [2.24, 2.45) is 0 Å². The van der Waals surface area contributed by atoms with E-state index in [1.165, 1.54) is 35.0 Å². The second-order valence-corrected chi connectivity index (χ2v) is 7.05. The molecule has 32 heavy (non-hydrogen) atoms. The van der Waals surface area contributed by atoms with E-state index in [1.54, 1.807) is 18.2 Å². The number of ether oxygens (including phenoxy) is 2. The number of anilines is 4. The molecular formula is C20H12ClN7O4. The number of rotatable bonds is 5. The van der Waals surface area contributed by atoms with E-state index in [0.29, 0.717) is 34.3 Å². The van der Waals surface area contributed by atoms with Crippen molar-refractivity contribution in [1.82, 2.24) is 14.6 Å². The first-order valence-corrected chi connectivity index (χ1v) is 9.57. The van der Waals surface area contributed by atoms with Gasteiger partial charge in [0.2, 0.25) is 6.79 Å². The molecule has 0 aliphatic carbocycles. The highest BCUT2D eigenvalue weighted by Gasteiger charge is 2.20. The number of benzene rings is 2. The second kappa shape index (κ2) is 7.60. The highest BCUT2D eigenvalue weighted by molar-refractivity contribution is 6.33. The number of nitro benzene ring substituents is 1. The zero-order valence-corrected chi connectivity index (χ0v) is 16.8. The monoisotopic (exact) mass is 449 g/mol. The van der Waals surface area contributed by atoms with Crippen LogP contribution in [0.1, 0.15) is 5.56 Å². The lowest BCUT2D eigenvalue weighted by atomic mass is 10.2. The van der Waals surface area contributed by atoms with Crippen molar-refractivity contribution in [3.8, 4) is 17.6 Å². The van der Waals surface area contributed by atoms with Crippen molar-refractivity contribution in [3.63, 3.8) is 0 Å². The lowest BCUT2D eigenvalue weighted by Gasteiger charge is -2.14. The number of nitrogens with one attached hydrogen (secondary N) is 2. The normalized spacial score (nSPS) is 11.9. The summed E-state index contributed by atoms with van der Waals surface area (Å²) in [5.74, 6) is 1.73. The summed E-state index contributed by atoms with van der Waals surface area (Å²) >= 11 is 6.25. The molecule has 158 valence electrons. The molecule has 2 aromatic carbocycles. The number of halogens is 1. The molecule has 11 nitrogen and oxygen atoms in total. The van der Waals surface area contributed by atoms with Crippen LogP contribution in [0, 0.1) is 21.4 Å². The number of fused-ring (bicyclic) bond motifs is 2. The van der Waals surface area contributed by atoms with E-state index in [4.69, 9.17) is 21.1 Å². The average Bonchev–Trinajstić information content (AvgIpc) is 3.40. The van der Waals surface area contributed by atoms with Gasteiger partial charge in [0.1, 0.15) is 16.7 Å². The van der Waals surface area contributed by atoms with Crippen molar-refractivity contribution in [3.05, 3.63) is 69.4 Å². The maximum Gasteiger partial charge on any atom is 0.269 e. The molecule has 0 bridgehead atoms. The summed E-state index contributed by atoms with van der Waals surface area (Å²) < 4.78 is 12.1. The summed E-state index contributed by atoms with van der Waals surface area (Å²) in [5.41, 5.74) is 1.56. The van der Waals surface area contributed by atoms with Gasteiger partial charge in [-0.15, -0.1) is 0 Å². The van der Waals surface area contributed by atoms with E-state index in [9.17, 15) is 15.4 Å². The average molecular weight is 450 g/mol. The van der Waals surface area contributed by atoms with Crippen molar-refractivity contribution < 1.29 is 14.4 Å². The fourth-order valence-corrected chi connectivity index (χ4v) is 3.36. The fourth-order valence-electron chi connectivity index (χ4n) is 3.19. The smallest absolute Gasteiger partial charge is 0.269 e. The zero-order chi connectivity index (χ0) is 22.2. The highest BCUT2D eigenvalue weighted by atomic mass is 35.5. The molecular weight excluding hydrogens is 438 g/mol. The molecule has 0 fully saturated rings. The Kier molecular flexibility index (Phi) is 4.61. The Morgan fingerprint density at radius 2 is 1.88 bits per heavy atom. The van der Waals surface area contributed by atoms with E-state index >= 15 is 0 Å². The van der Waals surface area contributed by atoms with Crippen molar-refractivity contribution >= 4 is 45.9 Å². The summed E-state index contributed by atoms with van der Waals surface area (Å²) in [6, 6.07) is 13.1. The summed E-state index contributed by atoms with van der Waals surface area (Å²) in [4.78, 5) is 14.9. The molecule has 0 atom stereocenters. The van der Waals surface area contributed by atoms with Crippen LogP contribution in [0.25, 0.3) is 5.65 Å². The summed E-state index contributed by atoms with van der Waals surface area (Å²) in [5, 5.41) is 31.5. The van der Waals surface area contributed by atoms with Crippen LogP contribution in [0.2, 0.25) is 5.02 Å². The molecule has 0 saturated heterocycles. The maximum absolute atomic E-state index is 10.9. The Bertz CT molecular complexity index is 1410. The van der Waals surface area contributed by atoms with Crippen LogP contribution in [0.3, 0.4) is 0 Å². The maximum atomic E-state index is 10.9. The standard InChI is InChI=1S/C20H12ClN7O4/c21-15-9-23-27-19(25-11-1-4-13(5-2-11)28(29)30)14(8-22)18(26-20(15)27)24-12-3-6-16-17(7-12)32-10-31-16/h1-7,9,25H,10H2,(H,24,26). The van der Waals surface area contributed by atoms with Gasteiger partial charge in [0.25, 0.3) is 5.69 Å². The molecule has 5 rings (SSSR count). The molecule has 1 aliphatic heterocycles. The van der Waals surface area contributed by atoms with Crippen LogP contribution < -0.4 is 20.1 Å². The van der Waals surface area contributed by atoms with E-state index in [1.807, 2.05) is 0 Å². The number of nitrogens with zero attached hydrogens (tertiary/aromatic N) is 5. The van der Waals surface area contributed by atoms with Gasteiger partial charge in [-0.25, -0.2) is 4.98 Å². The van der Waals surface area contributed by atoms with Crippen LogP contribution in [-0.4, -0.2) is 26.3 Å². The van der Waals surface area contributed by atoms with Crippen LogP contribution in [-0.2, 0) is 0 Å². The largest absolute Gasteiger partial charge is 0.454 e. The third-order valence-corrected chi connectivity index (χ3v) is 4.96. The molecule has 12 heteroatoms. The van der Waals surface area contributed by atoms with Gasteiger partial charge in [-0.3, -0.25) is 10.1 Å². The molecule has 0 unspecified atom stereocenters. The highest BCUT2D eigenvalue weighted by Crippen LogP contribution is 2.36. The van der Waals surface area contributed by atoms with Gasteiger partial charge in [0.15, 0.2) is 28.8 Å². The number of hydrogen-bond donors (Lipinski definition) is 2. The van der Waals surface area contributed by atoms with Crippen molar-refractivity contribution in [1.29, 1.82) is 5.26 Å². The number of nitro groups is 1. The third-order valence-electron chi connectivity index (χ3n) is 4.69. The predicted molar refractivity (Wildman–Crippen MR) is 115 cm³/mol. The lowest BCUT2D eigenvalue weighted by molar-refractivity contribution is -0.384. The lowest BCUT2D eigenvalue weighted by Crippen LogP contribution is -2.08. The Labute approximate surface area is 184 Å². The molecule has 0 amide bonds. The van der Waals surface area contributed by atoms with E-state index < -0.39 is 4.92 Å². The van der Waals surface area contributed by atoms with Crippen molar-refractivity contribution in [2.75, 3.05) is 17.4 Å². The van der Waals surface area contributed by atoms with Gasteiger partial charge in [-0.1, -0.05) is 11.6 Å². The molecule has 2 aromatic heterocycles. The molecule has 2 N–H and O–H groups in total. The number of hydrogen-bond acceptors (Lipinski definition) is 9. The first-order valence-electron chi connectivity index (χ1n) is 9.19. The van der Waals surface area contributed by atoms with E-state index in [0.717, 1.165) is 0 Å². The first kappa shape index (κ1) is 19.4. The number of non-ortho nitro benzene ring substituents is 1. The van der Waals surface area contributed by atoms with Crippen LogP contribution in [0.5, 0.6) is 11.5 Å². The molecule has 0 saturated carbocycles. The van der Waals surface area contributed by atoms with Crippen LogP contribution in [0.15, 0.2) is 48.7 Å². The molecule has 3 heterocycles.